The number of carbonyl (C=O) groups is 1. The Bertz CT molecular complexity index is 342. The maximum Gasteiger partial charge on any atom is 0.199 e. The fraction of sp³-hybridized carbons (Fsp3) is 0.769. The number of likely N-dealkylation sites (N-methyl/N-ethyl adjacent to an activating group) is 1. The molecule has 1 rings (SSSR count). The Hall–Kier alpha value is -0.640. The van der Waals surface area contributed by atoms with E-state index in [0.29, 0.717) is 5.41 Å². The van der Waals surface area contributed by atoms with Gasteiger partial charge in [0.05, 0.1) is 5.70 Å². The summed E-state index contributed by atoms with van der Waals surface area (Å²) in [5, 5.41) is -0.239. The van der Waals surface area contributed by atoms with Gasteiger partial charge in [0, 0.05) is 27.7 Å². The van der Waals surface area contributed by atoms with Crippen molar-refractivity contribution in [1.29, 1.82) is 0 Å². The first-order valence-electron chi connectivity index (χ1n) is 6.00. The lowest BCUT2D eigenvalue weighted by Crippen LogP contribution is -2.46. The van der Waals surface area contributed by atoms with Crippen LogP contribution >= 0.6 is 12.6 Å². The number of Topliss-reactive ketones (excluding diaryl/α,β-unsaturated/α-hetero) is 1. The molecule has 0 saturated heterocycles. The number of rotatable bonds is 4. The zero-order valence-electron chi connectivity index (χ0n) is 11.7. The molecule has 3 nitrogen and oxygen atoms in total. The summed E-state index contributed by atoms with van der Waals surface area (Å²) in [5.74, 6) is 0.135. The number of carbonyl (C=O) groups excluding carboxylic acids is 1. The van der Waals surface area contributed by atoms with Crippen molar-refractivity contribution in [3.05, 3.63) is 11.4 Å². The van der Waals surface area contributed by atoms with Crippen LogP contribution in [0, 0.1) is 5.41 Å². The van der Waals surface area contributed by atoms with Gasteiger partial charge in [0.1, 0.15) is 10.9 Å². The molecule has 1 aliphatic carbocycles. The number of nitrogens with zero attached hydrogens (tertiary/aromatic N) is 2. The maximum absolute atomic E-state index is 11.7. The van der Waals surface area contributed by atoms with Crippen LogP contribution in [-0.2, 0) is 4.79 Å². The molecule has 0 spiro atoms. The number of ketones is 1. The Morgan fingerprint density at radius 3 is 2.18 bits per heavy atom. The lowest BCUT2D eigenvalue weighted by Gasteiger charge is -2.39. The molecule has 0 amide bonds. The second-order valence-corrected chi connectivity index (χ2v) is 6.64. The smallest absolute Gasteiger partial charge is 0.199 e. The topological polar surface area (TPSA) is 23.6 Å². The number of thiol groups is 1. The molecule has 0 fully saturated rings. The van der Waals surface area contributed by atoms with Crippen LogP contribution in [0.5, 0.6) is 0 Å². The average Bonchev–Trinajstić information content (AvgIpc) is 2.19. The monoisotopic (exact) mass is 256 g/mol. The first-order chi connectivity index (χ1) is 7.65. The largest absolute Gasteiger partial charge is 0.375 e. The summed E-state index contributed by atoms with van der Waals surface area (Å²) in [6.07, 6.45) is 1.10. The van der Waals surface area contributed by atoms with E-state index < -0.39 is 0 Å². The van der Waals surface area contributed by atoms with Crippen molar-refractivity contribution in [2.24, 2.45) is 5.41 Å². The standard InChI is InChI=1S/C13H24N2OS/c1-13(2,3)7-8-15(6)10-9(14(4)5)11(16)12(10)17/h12,17H,7-8H2,1-6H3. The summed E-state index contributed by atoms with van der Waals surface area (Å²) in [4.78, 5) is 15.8. The Balaban J connectivity index is 2.75. The molecule has 1 unspecified atom stereocenters. The van der Waals surface area contributed by atoms with Crippen LogP contribution < -0.4 is 0 Å². The maximum atomic E-state index is 11.7. The zero-order valence-corrected chi connectivity index (χ0v) is 12.6. The van der Waals surface area contributed by atoms with Crippen LogP contribution in [0.1, 0.15) is 27.2 Å². The first kappa shape index (κ1) is 14.4. The summed E-state index contributed by atoms with van der Waals surface area (Å²) in [6.45, 7) is 7.64. The number of hydrogen-bond donors (Lipinski definition) is 1. The van der Waals surface area contributed by atoms with Crippen molar-refractivity contribution >= 4 is 18.4 Å². The van der Waals surface area contributed by atoms with Gasteiger partial charge in [-0.15, -0.1) is 0 Å². The fourth-order valence-corrected chi connectivity index (χ4v) is 2.34. The van der Waals surface area contributed by atoms with E-state index in [1.807, 2.05) is 26.0 Å². The van der Waals surface area contributed by atoms with Crippen LogP contribution in [0.15, 0.2) is 11.4 Å². The van der Waals surface area contributed by atoms with E-state index >= 15 is 0 Å². The number of allylic oxidation sites excluding steroid dienone is 1. The van der Waals surface area contributed by atoms with E-state index in [-0.39, 0.29) is 11.0 Å². The highest BCUT2D eigenvalue weighted by atomic mass is 32.1. The van der Waals surface area contributed by atoms with Gasteiger partial charge in [-0.05, 0) is 11.8 Å². The minimum absolute atomic E-state index is 0.135. The van der Waals surface area contributed by atoms with Crippen LogP contribution in [0.25, 0.3) is 0 Å². The van der Waals surface area contributed by atoms with Crippen molar-refractivity contribution in [3.8, 4) is 0 Å². The summed E-state index contributed by atoms with van der Waals surface area (Å²) >= 11 is 4.36. The molecule has 0 aromatic carbocycles. The molecule has 1 aliphatic rings. The average molecular weight is 256 g/mol. The summed E-state index contributed by atoms with van der Waals surface area (Å²) < 4.78 is 0. The second-order valence-electron chi connectivity index (χ2n) is 6.13. The fourth-order valence-electron chi connectivity index (χ4n) is 1.89. The van der Waals surface area contributed by atoms with Crippen molar-refractivity contribution < 1.29 is 4.79 Å². The highest BCUT2D eigenvalue weighted by Gasteiger charge is 2.40. The van der Waals surface area contributed by atoms with Crippen LogP contribution in [-0.4, -0.2) is 48.5 Å². The molecule has 17 heavy (non-hydrogen) atoms. The van der Waals surface area contributed by atoms with E-state index in [0.717, 1.165) is 24.4 Å². The van der Waals surface area contributed by atoms with Gasteiger partial charge in [-0.1, -0.05) is 20.8 Å². The molecule has 0 bridgehead atoms. The van der Waals surface area contributed by atoms with Gasteiger partial charge in [-0.3, -0.25) is 4.79 Å². The molecule has 1 atom stereocenters. The van der Waals surface area contributed by atoms with Crippen LogP contribution in [0.4, 0.5) is 0 Å². The lowest BCUT2D eigenvalue weighted by atomic mass is 9.91. The number of hydrogen-bond acceptors (Lipinski definition) is 4. The van der Waals surface area contributed by atoms with Gasteiger partial charge < -0.3 is 9.80 Å². The molecule has 0 radical (unpaired) electrons. The van der Waals surface area contributed by atoms with Gasteiger partial charge >= 0.3 is 0 Å². The van der Waals surface area contributed by atoms with E-state index in [2.05, 4.69) is 38.3 Å². The van der Waals surface area contributed by atoms with E-state index in [1.54, 1.807) is 0 Å². The summed E-state index contributed by atoms with van der Waals surface area (Å²) in [7, 11) is 5.86. The Kier molecular flexibility index (Phi) is 4.18. The molecule has 0 aromatic rings. The molecule has 0 aliphatic heterocycles. The van der Waals surface area contributed by atoms with Crippen LogP contribution in [0.3, 0.4) is 0 Å². The van der Waals surface area contributed by atoms with Gasteiger partial charge in [-0.2, -0.15) is 12.6 Å². The molecule has 98 valence electrons. The molecule has 0 heterocycles. The third-order valence-electron chi connectivity index (χ3n) is 3.04. The Morgan fingerprint density at radius 2 is 1.76 bits per heavy atom. The van der Waals surface area contributed by atoms with Crippen molar-refractivity contribution in [1.82, 2.24) is 9.80 Å². The zero-order chi connectivity index (χ0) is 13.4. The van der Waals surface area contributed by atoms with Gasteiger partial charge in [0.25, 0.3) is 0 Å². The molecular formula is C13H24N2OS. The van der Waals surface area contributed by atoms with Crippen molar-refractivity contribution in [2.45, 2.75) is 32.4 Å². The molecule has 0 saturated carbocycles. The van der Waals surface area contributed by atoms with Crippen molar-refractivity contribution in [3.63, 3.8) is 0 Å². The van der Waals surface area contributed by atoms with Gasteiger partial charge in [0.15, 0.2) is 5.78 Å². The normalized spacial score (nSPS) is 20.4. The summed E-state index contributed by atoms with van der Waals surface area (Å²) in [5.41, 5.74) is 2.18. The molecular weight excluding hydrogens is 232 g/mol. The van der Waals surface area contributed by atoms with Gasteiger partial charge in [-0.25, -0.2) is 0 Å². The summed E-state index contributed by atoms with van der Waals surface area (Å²) in [6, 6.07) is 0. The predicted octanol–water partition coefficient (Wildman–Crippen LogP) is 2.01. The lowest BCUT2D eigenvalue weighted by molar-refractivity contribution is -0.118. The SMILES string of the molecule is CN(C)C1=C(N(C)CCC(C)(C)C)C(S)C1=O. The van der Waals surface area contributed by atoms with E-state index in [4.69, 9.17) is 0 Å². The van der Waals surface area contributed by atoms with Crippen LogP contribution in [0.2, 0.25) is 0 Å². The quantitative estimate of drug-likeness (QED) is 0.778. The van der Waals surface area contributed by atoms with Gasteiger partial charge in [0.2, 0.25) is 0 Å². The van der Waals surface area contributed by atoms with Crippen molar-refractivity contribution in [2.75, 3.05) is 27.7 Å². The minimum Gasteiger partial charge on any atom is -0.375 e. The molecule has 0 N–H and O–H groups in total. The molecule has 4 heteroatoms. The van der Waals surface area contributed by atoms with E-state index in [1.165, 1.54) is 0 Å². The predicted molar refractivity (Wildman–Crippen MR) is 75.2 cm³/mol. The minimum atomic E-state index is -0.239. The second kappa shape index (κ2) is 4.92. The highest BCUT2D eigenvalue weighted by molar-refractivity contribution is 7.82. The third kappa shape index (κ3) is 3.18. The van der Waals surface area contributed by atoms with E-state index in [9.17, 15) is 4.79 Å². The third-order valence-corrected chi connectivity index (χ3v) is 3.52. The Morgan fingerprint density at radius 1 is 1.24 bits per heavy atom. The molecule has 0 aromatic heterocycles. The highest BCUT2D eigenvalue weighted by Crippen LogP contribution is 2.33. The Labute approximate surface area is 110 Å². The first-order valence-corrected chi connectivity index (χ1v) is 6.51.